The molecule has 2 rings (SSSR count). The first-order valence-electron chi connectivity index (χ1n) is 8.35. The predicted octanol–water partition coefficient (Wildman–Crippen LogP) is 3.11. The second-order valence-electron chi connectivity index (χ2n) is 8.12. The zero-order valence-electron chi connectivity index (χ0n) is 15.2. The van der Waals surface area contributed by atoms with Crippen LogP contribution in [-0.4, -0.2) is 29.6 Å². The highest BCUT2D eigenvalue weighted by atomic mass is 16.5. The number of benzene rings is 1. The lowest BCUT2D eigenvalue weighted by Crippen LogP contribution is -2.62. The van der Waals surface area contributed by atoms with Crippen LogP contribution >= 0.6 is 0 Å². The molecular formula is C19H30N2O2. The van der Waals surface area contributed by atoms with Gasteiger partial charge in [-0.2, -0.15) is 0 Å². The Bertz CT molecular complexity index is 563. The van der Waals surface area contributed by atoms with Crippen molar-refractivity contribution >= 4 is 5.91 Å². The highest BCUT2D eigenvalue weighted by Gasteiger charge is 2.38. The van der Waals surface area contributed by atoms with Gasteiger partial charge in [0.15, 0.2) is 6.61 Å². The minimum atomic E-state index is -0.0515. The number of ether oxygens (including phenoxy) is 1. The van der Waals surface area contributed by atoms with Gasteiger partial charge in [-0.25, -0.2) is 0 Å². The molecule has 0 radical (unpaired) electrons. The van der Waals surface area contributed by atoms with E-state index in [2.05, 4.69) is 38.3 Å². The van der Waals surface area contributed by atoms with Crippen molar-refractivity contribution in [2.75, 3.05) is 6.61 Å². The van der Waals surface area contributed by atoms with E-state index in [9.17, 15) is 4.79 Å². The molecule has 128 valence electrons. The molecule has 1 aromatic carbocycles. The van der Waals surface area contributed by atoms with Crippen molar-refractivity contribution in [3.63, 3.8) is 0 Å². The van der Waals surface area contributed by atoms with E-state index in [4.69, 9.17) is 4.74 Å². The topological polar surface area (TPSA) is 50.4 Å². The molecule has 1 aliphatic heterocycles. The van der Waals surface area contributed by atoms with Gasteiger partial charge in [-0.3, -0.25) is 4.79 Å². The lowest BCUT2D eigenvalue weighted by Gasteiger charge is -2.46. The van der Waals surface area contributed by atoms with Crippen molar-refractivity contribution in [1.29, 1.82) is 0 Å². The van der Waals surface area contributed by atoms with Crippen molar-refractivity contribution in [3.8, 4) is 5.75 Å². The van der Waals surface area contributed by atoms with E-state index >= 15 is 0 Å². The monoisotopic (exact) mass is 318 g/mol. The van der Waals surface area contributed by atoms with Crippen LogP contribution in [0.2, 0.25) is 0 Å². The molecule has 1 heterocycles. The van der Waals surface area contributed by atoms with Crippen LogP contribution in [0.3, 0.4) is 0 Å². The van der Waals surface area contributed by atoms with Gasteiger partial charge in [0.05, 0.1) is 0 Å². The van der Waals surface area contributed by atoms with Gasteiger partial charge in [-0.05, 0) is 71.6 Å². The molecule has 0 aliphatic carbocycles. The third-order valence-corrected chi connectivity index (χ3v) is 4.26. The standard InChI is InChI=1S/C19H30N2O2/c1-13-7-8-14(2)16(9-13)23-12-17(22)20-15-10-18(3,4)21-19(5,6)11-15/h7-9,15,21H,10-12H2,1-6H3,(H,20,22). The van der Waals surface area contributed by atoms with E-state index in [1.165, 1.54) is 0 Å². The molecule has 1 aliphatic rings. The van der Waals surface area contributed by atoms with E-state index in [0.29, 0.717) is 0 Å². The maximum absolute atomic E-state index is 12.2. The molecule has 0 atom stereocenters. The number of nitrogens with one attached hydrogen (secondary N) is 2. The molecule has 4 nitrogen and oxygen atoms in total. The molecular weight excluding hydrogens is 288 g/mol. The summed E-state index contributed by atoms with van der Waals surface area (Å²) in [4.78, 5) is 12.2. The second kappa shape index (κ2) is 6.52. The van der Waals surface area contributed by atoms with Crippen molar-refractivity contribution in [2.45, 2.75) is 71.5 Å². The summed E-state index contributed by atoms with van der Waals surface area (Å²) < 4.78 is 5.70. The zero-order chi connectivity index (χ0) is 17.3. The van der Waals surface area contributed by atoms with Gasteiger partial charge in [-0.1, -0.05) is 12.1 Å². The number of rotatable bonds is 4. The maximum Gasteiger partial charge on any atom is 0.258 e. The second-order valence-corrected chi connectivity index (χ2v) is 8.12. The fraction of sp³-hybridized carbons (Fsp3) is 0.632. The highest BCUT2D eigenvalue weighted by Crippen LogP contribution is 2.28. The Labute approximate surface area is 140 Å². The summed E-state index contributed by atoms with van der Waals surface area (Å²) in [6, 6.07) is 6.21. The predicted molar refractivity (Wildman–Crippen MR) is 93.9 cm³/mol. The number of amides is 1. The Hall–Kier alpha value is -1.55. The number of hydrogen-bond donors (Lipinski definition) is 2. The smallest absolute Gasteiger partial charge is 0.258 e. The van der Waals surface area contributed by atoms with Crippen molar-refractivity contribution in [2.24, 2.45) is 0 Å². The first-order chi connectivity index (χ1) is 10.6. The summed E-state index contributed by atoms with van der Waals surface area (Å²) in [6.45, 7) is 12.8. The van der Waals surface area contributed by atoms with Gasteiger partial charge in [-0.15, -0.1) is 0 Å². The van der Waals surface area contributed by atoms with Crippen LogP contribution in [0, 0.1) is 13.8 Å². The number of piperidine rings is 1. The average molecular weight is 318 g/mol. The van der Waals surface area contributed by atoms with Gasteiger partial charge in [0, 0.05) is 17.1 Å². The summed E-state index contributed by atoms with van der Waals surface area (Å²) in [6.07, 6.45) is 1.84. The van der Waals surface area contributed by atoms with Crippen LogP contribution in [-0.2, 0) is 4.79 Å². The van der Waals surface area contributed by atoms with E-state index in [1.54, 1.807) is 0 Å². The maximum atomic E-state index is 12.2. The van der Waals surface area contributed by atoms with Gasteiger partial charge in [0.2, 0.25) is 0 Å². The lowest BCUT2D eigenvalue weighted by atomic mass is 9.79. The van der Waals surface area contributed by atoms with Gasteiger partial charge in [0.1, 0.15) is 5.75 Å². The Morgan fingerprint density at radius 2 is 1.83 bits per heavy atom. The first kappa shape index (κ1) is 17.8. The van der Waals surface area contributed by atoms with Crippen LogP contribution < -0.4 is 15.4 Å². The van der Waals surface area contributed by atoms with Gasteiger partial charge < -0.3 is 15.4 Å². The molecule has 0 unspecified atom stereocenters. The number of carbonyl (C=O) groups is 1. The average Bonchev–Trinajstić information content (AvgIpc) is 2.36. The van der Waals surface area contributed by atoms with E-state index in [0.717, 1.165) is 29.7 Å². The third-order valence-electron chi connectivity index (χ3n) is 4.26. The Kier molecular flexibility index (Phi) is 5.04. The van der Waals surface area contributed by atoms with Crippen LogP contribution in [0.4, 0.5) is 0 Å². The Balaban J connectivity index is 1.91. The molecule has 0 spiro atoms. The quantitative estimate of drug-likeness (QED) is 0.897. The summed E-state index contributed by atoms with van der Waals surface area (Å²) in [5, 5.41) is 6.75. The molecule has 23 heavy (non-hydrogen) atoms. The summed E-state index contributed by atoms with van der Waals surface area (Å²) in [5.41, 5.74) is 2.22. The summed E-state index contributed by atoms with van der Waals surface area (Å²) >= 11 is 0. The molecule has 0 bridgehead atoms. The SMILES string of the molecule is Cc1ccc(C)c(OCC(=O)NC2CC(C)(C)NC(C)(C)C2)c1. The normalized spacial score (nSPS) is 20.1. The van der Waals surface area contributed by atoms with Crippen molar-refractivity contribution in [1.82, 2.24) is 10.6 Å². The van der Waals surface area contributed by atoms with Gasteiger partial charge >= 0.3 is 0 Å². The molecule has 2 N–H and O–H groups in total. The van der Waals surface area contributed by atoms with E-state index in [1.807, 2.05) is 32.0 Å². The Morgan fingerprint density at radius 3 is 2.43 bits per heavy atom. The molecule has 1 saturated heterocycles. The van der Waals surface area contributed by atoms with E-state index in [-0.39, 0.29) is 29.6 Å². The van der Waals surface area contributed by atoms with Crippen LogP contribution in [0.5, 0.6) is 5.75 Å². The van der Waals surface area contributed by atoms with Crippen molar-refractivity contribution < 1.29 is 9.53 Å². The van der Waals surface area contributed by atoms with Gasteiger partial charge in [0.25, 0.3) is 5.91 Å². The van der Waals surface area contributed by atoms with Crippen LogP contribution in [0.15, 0.2) is 18.2 Å². The van der Waals surface area contributed by atoms with Crippen LogP contribution in [0.1, 0.15) is 51.7 Å². The number of aryl methyl sites for hydroxylation is 2. The summed E-state index contributed by atoms with van der Waals surface area (Å²) in [7, 11) is 0. The molecule has 1 amide bonds. The molecule has 0 saturated carbocycles. The molecule has 0 aromatic heterocycles. The highest BCUT2D eigenvalue weighted by molar-refractivity contribution is 5.78. The largest absolute Gasteiger partial charge is 0.483 e. The Morgan fingerprint density at radius 1 is 1.22 bits per heavy atom. The summed E-state index contributed by atoms with van der Waals surface area (Å²) in [5.74, 6) is 0.732. The fourth-order valence-electron chi connectivity index (χ4n) is 3.70. The molecule has 1 aromatic rings. The number of carbonyl (C=O) groups excluding carboxylic acids is 1. The van der Waals surface area contributed by atoms with Crippen molar-refractivity contribution in [3.05, 3.63) is 29.3 Å². The fourth-order valence-corrected chi connectivity index (χ4v) is 3.70. The number of hydrogen-bond acceptors (Lipinski definition) is 3. The van der Waals surface area contributed by atoms with E-state index < -0.39 is 0 Å². The van der Waals surface area contributed by atoms with Crippen LogP contribution in [0.25, 0.3) is 0 Å². The molecule has 1 fully saturated rings. The first-order valence-corrected chi connectivity index (χ1v) is 8.35. The lowest BCUT2D eigenvalue weighted by molar-refractivity contribution is -0.124. The third kappa shape index (κ3) is 5.24. The minimum Gasteiger partial charge on any atom is -0.483 e. The minimum absolute atomic E-state index is 0.0215. The zero-order valence-corrected chi connectivity index (χ0v) is 15.2. The molecule has 4 heteroatoms.